The number of nitrogens with one attached hydrogen (secondary N) is 2. The molecule has 3 aliphatic heterocycles. The summed E-state index contributed by atoms with van der Waals surface area (Å²) in [6, 6.07) is 20.7. The molecule has 14 nitrogen and oxygen atoms in total. The lowest BCUT2D eigenvalue weighted by Gasteiger charge is -2.36. The fourth-order valence-electron chi connectivity index (χ4n) is 8.70. The van der Waals surface area contributed by atoms with Gasteiger partial charge in [0.15, 0.2) is 0 Å². The molecule has 56 heavy (non-hydrogen) atoms. The van der Waals surface area contributed by atoms with Gasteiger partial charge in [-0.25, -0.2) is 9.97 Å². The maximum Gasteiger partial charge on any atom is 0.262 e. The number of amides is 5. The minimum atomic E-state index is -0.996. The summed E-state index contributed by atoms with van der Waals surface area (Å²) in [5, 5.41) is 11.5. The summed E-state index contributed by atoms with van der Waals surface area (Å²) in [5.74, 6) is -1.39. The fraction of sp³-hybridized carbons (Fsp3) is 0.333. The van der Waals surface area contributed by atoms with Crippen molar-refractivity contribution in [2.75, 3.05) is 28.2 Å². The molecule has 2 saturated heterocycles. The molecule has 2 N–H and O–H groups in total. The second kappa shape index (κ2) is 14.3. The number of benzene rings is 3. The van der Waals surface area contributed by atoms with Crippen LogP contribution in [-0.4, -0.2) is 85.4 Å². The molecule has 0 bridgehead atoms. The number of hydrogen-bond donors (Lipinski definition) is 2. The first kappa shape index (κ1) is 35.3. The predicted octanol–water partition coefficient (Wildman–Crippen LogP) is 5.12. The summed E-state index contributed by atoms with van der Waals surface area (Å²) in [7, 11) is 0. The average molecular weight is 752 g/mol. The van der Waals surface area contributed by atoms with Crippen molar-refractivity contribution in [3.05, 3.63) is 96.4 Å². The quantitative estimate of drug-likeness (QED) is 0.204. The van der Waals surface area contributed by atoms with Crippen LogP contribution in [0.1, 0.15) is 78.6 Å². The topological polar surface area (TPSA) is 163 Å². The molecule has 1 saturated carbocycles. The van der Waals surface area contributed by atoms with E-state index in [1.807, 2.05) is 82.8 Å². The van der Waals surface area contributed by atoms with Crippen molar-refractivity contribution >= 4 is 57.8 Å². The third-order valence-corrected chi connectivity index (χ3v) is 11.6. The predicted molar refractivity (Wildman–Crippen MR) is 209 cm³/mol. The monoisotopic (exact) mass is 751 g/mol. The molecule has 5 aromatic rings. The van der Waals surface area contributed by atoms with E-state index in [4.69, 9.17) is 5.10 Å². The lowest BCUT2D eigenvalue weighted by molar-refractivity contribution is -0.136. The van der Waals surface area contributed by atoms with E-state index < -0.39 is 29.7 Å². The molecular weight excluding hydrogens is 711 g/mol. The van der Waals surface area contributed by atoms with Crippen LogP contribution in [0.5, 0.6) is 0 Å². The zero-order valence-corrected chi connectivity index (χ0v) is 30.9. The Hall–Kier alpha value is -6.44. The Labute approximate surface area is 322 Å². The second-order valence-electron chi connectivity index (χ2n) is 15.1. The Morgan fingerprint density at radius 3 is 2.43 bits per heavy atom. The highest BCUT2D eigenvalue weighted by Gasteiger charge is 2.45. The number of hydrogen-bond acceptors (Lipinski definition) is 10. The van der Waals surface area contributed by atoms with Gasteiger partial charge in [-0.05, 0) is 80.5 Å². The number of rotatable bonds is 8. The van der Waals surface area contributed by atoms with Crippen LogP contribution in [-0.2, 0) is 14.4 Å². The Kier molecular flexibility index (Phi) is 9.02. The molecule has 3 fully saturated rings. The first-order chi connectivity index (χ1) is 27.2. The molecule has 2 aromatic heterocycles. The first-order valence-corrected chi connectivity index (χ1v) is 19.2. The number of anilines is 3. The van der Waals surface area contributed by atoms with Crippen LogP contribution >= 0.6 is 0 Å². The summed E-state index contributed by atoms with van der Waals surface area (Å²) in [6.07, 6.45) is 10.4. The highest BCUT2D eigenvalue weighted by Crippen LogP contribution is 2.35. The Morgan fingerprint density at radius 2 is 1.64 bits per heavy atom. The Morgan fingerprint density at radius 1 is 0.857 bits per heavy atom. The summed E-state index contributed by atoms with van der Waals surface area (Å²) in [6.45, 7) is 3.03. The van der Waals surface area contributed by atoms with Crippen molar-refractivity contribution in [1.82, 2.24) is 30.0 Å². The highest BCUT2D eigenvalue weighted by atomic mass is 16.2. The molecule has 0 radical (unpaired) electrons. The molecule has 0 spiro atoms. The third kappa shape index (κ3) is 6.54. The summed E-state index contributed by atoms with van der Waals surface area (Å²) in [4.78, 5) is 77.9. The molecule has 2 atom stereocenters. The normalized spacial score (nSPS) is 22.4. The first-order valence-electron chi connectivity index (χ1n) is 19.2. The zero-order chi connectivity index (χ0) is 38.5. The Bertz CT molecular complexity index is 2390. The minimum Gasteiger partial charge on any atom is -0.369 e. The largest absolute Gasteiger partial charge is 0.369 e. The zero-order valence-electron chi connectivity index (χ0n) is 30.9. The second-order valence-corrected chi connectivity index (χ2v) is 15.1. The number of piperidine rings is 1. The van der Waals surface area contributed by atoms with Gasteiger partial charge in [0.1, 0.15) is 6.04 Å². The molecule has 1 aliphatic carbocycles. The molecule has 9 rings (SSSR count). The number of carbonyl (C=O) groups excluding carboxylic acids is 5. The third-order valence-electron chi connectivity index (χ3n) is 11.6. The minimum absolute atomic E-state index is 0.0246. The maximum absolute atomic E-state index is 13.4. The number of imide groups is 2. The van der Waals surface area contributed by atoms with Crippen LogP contribution < -0.4 is 20.4 Å². The standard InChI is InChI=1S/C42H41N9O5/c1-25(52)50(31-12-8-29(9-13-31)45-42-43-21-27-4-2-3-5-36(27)46-42)30-10-6-26(7-11-30)28-22-44-49(23-28)33-18-19-48(24-33)32-14-15-34-35(20-32)41(56)51(40(34)55)37-16-17-38(53)47-39(37)54/h2-7,10-11,14-15,20-23,29,31,33,37H,8-9,12-13,16-19,24H2,1H3,(H,43,45,46)(H,47,53,54). The van der Waals surface area contributed by atoms with Crippen LogP contribution in [0.2, 0.25) is 0 Å². The van der Waals surface area contributed by atoms with Gasteiger partial charge in [0.25, 0.3) is 11.8 Å². The van der Waals surface area contributed by atoms with Gasteiger partial charge in [0, 0.05) is 73.2 Å². The van der Waals surface area contributed by atoms with Gasteiger partial charge in [0.05, 0.1) is 28.9 Å². The summed E-state index contributed by atoms with van der Waals surface area (Å²) >= 11 is 0. The van der Waals surface area contributed by atoms with E-state index in [0.29, 0.717) is 12.5 Å². The molecule has 2 unspecified atom stereocenters. The van der Waals surface area contributed by atoms with E-state index in [1.54, 1.807) is 19.1 Å². The number of nitrogens with zero attached hydrogens (tertiary/aromatic N) is 7. The summed E-state index contributed by atoms with van der Waals surface area (Å²) in [5.41, 5.74) is 5.12. The van der Waals surface area contributed by atoms with Gasteiger partial charge in [-0.2, -0.15) is 5.10 Å². The molecule has 5 amide bonds. The number of fused-ring (bicyclic) bond motifs is 2. The molecular formula is C42H41N9O5. The lowest BCUT2D eigenvalue weighted by atomic mass is 9.89. The van der Waals surface area contributed by atoms with Gasteiger partial charge >= 0.3 is 0 Å². The van der Waals surface area contributed by atoms with Crippen molar-refractivity contribution in [3.63, 3.8) is 0 Å². The van der Waals surface area contributed by atoms with Crippen LogP contribution in [0.4, 0.5) is 17.3 Å². The summed E-state index contributed by atoms with van der Waals surface area (Å²) < 4.78 is 1.98. The van der Waals surface area contributed by atoms with E-state index in [9.17, 15) is 24.0 Å². The molecule has 284 valence electrons. The van der Waals surface area contributed by atoms with Gasteiger partial charge in [-0.15, -0.1) is 0 Å². The molecule has 4 aliphatic rings. The van der Waals surface area contributed by atoms with Gasteiger partial charge < -0.3 is 15.1 Å². The van der Waals surface area contributed by atoms with Crippen molar-refractivity contribution in [2.24, 2.45) is 0 Å². The molecule has 3 aromatic carbocycles. The van der Waals surface area contributed by atoms with Crippen molar-refractivity contribution in [2.45, 2.75) is 76.0 Å². The van der Waals surface area contributed by atoms with Gasteiger partial charge in [-0.1, -0.05) is 30.3 Å². The van der Waals surface area contributed by atoms with E-state index in [2.05, 4.69) is 25.5 Å². The highest BCUT2D eigenvalue weighted by molar-refractivity contribution is 6.23. The fourth-order valence-corrected chi connectivity index (χ4v) is 8.70. The van der Waals surface area contributed by atoms with E-state index in [1.165, 1.54) is 0 Å². The lowest BCUT2D eigenvalue weighted by Crippen LogP contribution is -2.54. The van der Waals surface area contributed by atoms with Crippen LogP contribution in [0.3, 0.4) is 0 Å². The van der Waals surface area contributed by atoms with E-state index >= 15 is 0 Å². The van der Waals surface area contributed by atoms with E-state index in [0.717, 1.165) is 77.0 Å². The SMILES string of the molecule is CC(=O)N(c1ccc(-c2cnn(C3CCN(c4ccc5c(c4)C(=O)N(C4CCC(=O)NC4=O)C5=O)C3)c2)cc1)C1CCC(Nc2ncc3ccccc3n2)CC1. The Balaban J connectivity index is 0.820. The molecule has 5 heterocycles. The van der Waals surface area contributed by atoms with Gasteiger partial charge in [0.2, 0.25) is 23.7 Å². The van der Waals surface area contributed by atoms with Gasteiger partial charge in [-0.3, -0.25) is 38.9 Å². The van der Waals surface area contributed by atoms with Crippen LogP contribution in [0.15, 0.2) is 85.3 Å². The van der Waals surface area contributed by atoms with Crippen molar-refractivity contribution < 1.29 is 24.0 Å². The van der Waals surface area contributed by atoms with E-state index in [-0.39, 0.29) is 48.0 Å². The van der Waals surface area contributed by atoms with Crippen molar-refractivity contribution in [1.29, 1.82) is 0 Å². The van der Waals surface area contributed by atoms with Crippen molar-refractivity contribution in [3.8, 4) is 11.1 Å². The number of aromatic nitrogens is 4. The number of carbonyl (C=O) groups is 5. The maximum atomic E-state index is 13.4. The van der Waals surface area contributed by atoms with Crippen LogP contribution in [0, 0.1) is 0 Å². The van der Waals surface area contributed by atoms with Crippen LogP contribution in [0.25, 0.3) is 22.0 Å². The smallest absolute Gasteiger partial charge is 0.262 e. The molecule has 14 heteroatoms. The average Bonchev–Trinajstić information content (AvgIpc) is 3.95. The number of para-hydroxylation sites is 1.